The molecule has 0 aromatic heterocycles. The molecule has 6 nitrogen and oxygen atoms in total. The standard InChI is InChI=1S/C15H18N2O4S/c1-2-8-16-15(18)12-5-3-7-14(10-12)22(19,20)17-11-13-6-4-9-21-13/h1,3,5,7,10,13,17H,4,6,8-9,11H2,(H,16,18). The van der Waals surface area contributed by atoms with Crippen LogP contribution >= 0.6 is 0 Å². The molecule has 2 rings (SSSR count). The number of rotatable bonds is 6. The number of carbonyl (C=O) groups is 1. The molecule has 1 heterocycles. The summed E-state index contributed by atoms with van der Waals surface area (Å²) in [4.78, 5) is 11.8. The minimum Gasteiger partial charge on any atom is -0.377 e. The van der Waals surface area contributed by atoms with Crippen LogP contribution in [0.2, 0.25) is 0 Å². The van der Waals surface area contributed by atoms with Gasteiger partial charge < -0.3 is 10.1 Å². The van der Waals surface area contributed by atoms with Crippen LogP contribution in [0, 0.1) is 12.3 Å². The molecule has 0 bridgehead atoms. The number of ether oxygens (including phenoxy) is 1. The van der Waals surface area contributed by atoms with E-state index >= 15 is 0 Å². The van der Waals surface area contributed by atoms with E-state index in [1.165, 1.54) is 24.3 Å². The van der Waals surface area contributed by atoms with E-state index in [9.17, 15) is 13.2 Å². The smallest absolute Gasteiger partial charge is 0.252 e. The summed E-state index contributed by atoms with van der Waals surface area (Å²) in [7, 11) is -3.67. The van der Waals surface area contributed by atoms with Crippen molar-refractivity contribution in [1.29, 1.82) is 0 Å². The van der Waals surface area contributed by atoms with Gasteiger partial charge in [-0.3, -0.25) is 4.79 Å². The van der Waals surface area contributed by atoms with Crippen LogP contribution < -0.4 is 10.0 Å². The van der Waals surface area contributed by atoms with Crippen LogP contribution in [0.5, 0.6) is 0 Å². The highest BCUT2D eigenvalue weighted by molar-refractivity contribution is 7.89. The summed E-state index contributed by atoms with van der Waals surface area (Å²) in [6.45, 7) is 0.986. The van der Waals surface area contributed by atoms with Crippen molar-refractivity contribution in [3.8, 4) is 12.3 Å². The Bertz CT molecular complexity index is 673. The Labute approximate surface area is 130 Å². The fraction of sp³-hybridized carbons (Fsp3) is 0.400. The summed E-state index contributed by atoms with van der Waals surface area (Å²) < 4.78 is 32.4. The third-order valence-electron chi connectivity index (χ3n) is 3.28. The van der Waals surface area contributed by atoms with Crippen LogP contribution in [0.15, 0.2) is 29.2 Å². The molecule has 2 N–H and O–H groups in total. The van der Waals surface area contributed by atoms with Crippen molar-refractivity contribution in [3.63, 3.8) is 0 Å². The Morgan fingerprint density at radius 3 is 2.95 bits per heavy atom. The van der Waals surface area contributed by atoms with Crippen molar-refractivity contribution in [2.75, 3.05) is 19.7 Å². The average molecular weight is 322 g/mol. The predicted molar refractivity (Wildman–Crippen MR) is 81.8 cm³/mol. The Morgan fingerprint density at radius 2 is 2.27 bits per heavy atom. The van der Waals surface area contributed by atoms with E-state index in [2.05, 4.69) is 16.0 Å². The van der Waals surface area contributed by atoms with E-state index in [1.54, 1.807) is 0 Å². The second-order valence-corrected chi connectivity index (χ2v) is 6.67. The van der Waals surface area contributed by atoms with Gasteiger partial charge in [0, 0.05) is 18.7 Å². The Balaban J connectivity index is 2.06. The Hall–Kier alpha value is -1.88. The van der Waals surface area contributed by atoms with Crippen LogP contribution in [0.1, 0.15) is 23.2 Å². The van der Waals surface area contributed by atoms with Crippen LogP contribution in [0.4, 0.5) is 0 Å². The first-order valence-electron chi connectivity index (χ1n) is 6.96. The molecule has 0 aliphatic carbocycles. The number of sulfonamides is 1. The quantitative estimate of drug-likeness (QED) is 0.747. The van der Waals surface area contributed by atoms with Gasteiger partial charge in [-0.1, -0.05) is 12.0 Å². The normalized spacial score (nSPS) is 17.9. The summed E-state index contributed by atoms with van der Waals surface area (Å²) in [6, 6.07) is 5.82. The van der Waals surface area contributed by atoms with Crippen LogP contribution in [-0.2, 0) is 14.8 Å². The van der Waals surface area contributed by atoms with E-state index in [0.29, 0.717) is 6.61 Å². The second-order valence-electron chi connectivity index (χ2n) is 4.90. The van der Waals surface area contributed by atoms with Gasteiger partial charge in [0.25, 0.3) is 5.91 Å². The van der Waals surface area contributed by atoms with Gasteiger partial charge in [0.15, 0.2) is 0 Å². The van der Waals surface area contributed by atoms with Gasteiger partial charge >= 0.3 is 0 Å². The van der Waals surface area contributed by atoms with Crippen molar-refractivity contribution in [2.45, 2.75) is 23.8 Å². The molecule has 0 spiro atoms. The molecular formula is C15H18N2O4S. The molecule has 118 valence electrons. The molecule has 1 fully saturated rings. The first kappa shape index (κ1) is 16.5. The number of benzene rings is 1. The van der Waals surface area contributed by atoms with E-state index in [0.717, 1.165) is 12.8 Å². The van der Waals surface area contributed by atoms with E-state index in [4.69, 9.17) is 11.2 Å². The van der Waals surface area contributed by atoms with Gasteiger partial charge in [-0.2, -0.15) is 0 Å². The zero-order valence-electron chi connectivity index (χ0n) is 12.0. The molecule has 1 saturated heterocycles. The van der Waals surface area contributed by atoms with Gasteiger partial charge in [0.2, 0.25) is 10.0 Å². The largest absolute Gasteiger partial charge is 0.377 e. The number of nitrogens with one attached hydrogen (secondary N) is 2. The Morgan fingerprint density at radius 1 is 1.45 bits per heavy atom. The van der Waals surface area contributed by atoms with Crippen LogP contribution in [-0.4, -0.2) is 40.1 Å². The van der Waals surface area contributed by atoms with Gasteiger partial charge in [-0.15, -0.1) is 6.42 Å². The molecule has 22 heavy (non-hydrogen) atoms. The molecule has 1 aliphatic heterocycles. The topological polar surface area (TPSA) is 84.5 Å². The number of terminal acetylenes is 1. The second kappa shape index (κ2) is 7.40. The van der Waals surface area contributed by atoms with Gasteiger partial charge in [-0.05, 0) is 31.0 Å². The van der Waals surface area contributed by atoms with Crippen LogP contribution in [0.3, 0.4) is 0 Å². The summed E-state index contributed by atoms with van der Waals surface area (Å²) in [5, 5.41) is 2.49. The maximum Gasteiger partial charge on any atom is 0.252 e. The maximum absolute atomic E-state index is 12.2. The molecule has 1 atom stereocenters. The van der Waals surface area contributed by atoms with Gasteiger partial charge in [0.1, 0.15) is 0 Å². The molecule has 1 unspecified atom stereocenters. The minimum absolute atomic E-state index is 0.0406. The molecule has 1 aliphatic rings. The summed E-state index contributed by atoms with van der Waals surface area (Å²) in [5.41, 5.74) is 0.246. The summed E-state index contributed by atoms with van der Waals surface area (Å²) in [6.07, 6.45) is 6.77. The third kappa shape index (κ3) is 4.31. The molecule has 1 aromatic rings. The monoisotopic (exact) mass is 322 g/mol. The molecular weight excluding hydrogens is 304 g/mol. The SMILES string of the molecule is C#CCNC(=O)c1cccc(S(=O)(=O)NCC2CCCO2)c1. The number of hydrogen-bond acceptors (Lipinski definition) is 4. The minimum atomic E-state index is -3.67. The average Bonchev–Trinajstić information content (AvgIpc) is 3.04. The highest BCUT2D eigenvalue weighted by Gasteiger charge is 2.21. The molecule has 7 heteroatoms. The predicted octanol–water partition coefficient (Wildman–Crippen LogP) is 0.507. The fourth-order valence-electron chi connectivity index (χ4n) is 2.13. The highest BCUT2D eigenvalue weighted by atomic mass is 32.2. The lowest BCUT2D eigenvalue weighted by atomic mass is 10.2. The van der Waals surface area contributed by atoms with E-state index in [1.807, 2.05) is 0 Å². The van der Waals surface area contributed by atoms with Crippen molar-refractivity contribution >= 4 is 15.9 Å². The highest BCUT2D eigenvalue weighted by Crippen LogP contribution is 2.14. The molecule has 1 aromatic carbocycles. The van der Waals surface area contributed by atoms with E-state index in [-0.39, 0.29) is 29.7 Å². The molecule has 0 saturated carbocycles. The lowest BCUT2D eigenvalue weighted by Crippen LogP contribution is -2.32. The van der Waals surface area contributed by atoms with Gasteiger partial charge in [0.05, 0.1) is 17.5 Å². The zero-order chi connectivity index (χ0) is 16.0. The number of carbonyl (C=O) groups excluding carboxylic acids is 1. The van der Waals surface area contributed by atoms with Crippen molar-refractivity contribution in [3.05, 3.63) is 29.8 Å². The summed E-state index contributed by atoms with van der Waals surface area (Å²) in [5.74, 6) is 1.88. The Kier molecular flexibility index (Phi) is 5.55. The molecule has 0 radical (unpaired) electrons. The summed E-state index contributed by atoms with van der Waals surface area (Å²) >= 11 is 0. The third-order valence-corrected chi connectivity index (χ3v) is 4.70. The first-order chi connectivity index (χ1) is 10.5. The van der Waals surface area contributed by atoms with Gasteiger partial charge in [-0.25, -0.2) is 13.1 Å². The lowest BCUT2D eigenvalue weighted by Gasteiger charge is -2.12. The van der Waals surface area contributed by atoms with Crippen molar-refractivity contribution in [1.82, 2.24) is 10.0 Å². The zero-order valence-corrected chi connectivity index (χ0v) is 12.9. The fourth-order valence-corrected chi connectivity index (χ4v) is 3.24. The maximum atomic E-state index is 12.2. The number of amides is 1. The first-order valence-corrected chi connectivity index (χ1v) is 8.44. The lowest BCUT2D eigenvalue weighted by molar-refractivity contribution is 0.0958. The number of hydrogen-bond donors (Lipinski definition) is 2. The van der Waals surface area contributed by atoms with E-state index < -0.39 is 15.9 Å². The molecule has 1 amide bonds. The van der Waals surface area contributed by atoms with Crippen LogP contribution in [0.25, 0.3) is 0 Å². The van der Waals surface area contributed by atoms with Crippen molar-refractivity contribution < 1.29 is 17.9 Å². The van der Waals surface area contributed by atoms with Crippen molar-refractivity contribution in [2.24, 2.45) is 0 Å².